The third-order valence-corrected chi connectivity index (χ3v) is 10.6. The van der Waals surface area contributed by atoms with E-state index >= 15 is 0 Å². The minimum Gasteiger partial charge on any atom is -0.469 e. The molecule has 1 saturated heterocycles. The first kappa shape index (κ1) is 34.7. The Morgan fingerprint density at radius 1 is 1.14 bits per heavy atom. The van der Waals surface area contributed by atoms with E-state index in [-0.39, 0.29) is 74.7 Å². The topological polar surface area (TPSA) is 193 Å². The number of furan rings is 1. The van der Waals surface area contributed by atoms with E-state index in [9.17, 15) is 39.9 Å². The van der Waals surface area contributed by atoms with E-state index in [4.69, 9.17) is 18.6 Å². The third-order valence-electron chi connectivity index (χ3n) is 10.6. The summed E-state index contributed by atoms with van der Waals surface area (Å²) in [5.74, 6) is -4.51. The van der Waals surface area contributed by atoms with E-state index in [1.165, 1.54) is 13.2 Å². The third kappa shape index (κ3) is 4.92. The molecule has 1 aliphatic heterocycles. The number of carbonyl (C=O) groups is 3. The number of carbonyl (C=O) groups excluding carboxylic acids is 3. The van der Waals surface area contributed by atoms with Gasteiger partial charge in [0.25, 0.3) is 0 Å². The van der Waals surface area contributed by atoms with Gasteiger partial charge in [0.15, 0.2) is 11.9 Å². The summed E-state index contributed by atoms with van der Waals surface area (Å²) in [6.45, 7) is 8.54. The van der Waals surface area contributed by atoms with Crippen molar-refractivity contribution in [2.45, 2.75) is 108 Å². The molecule has 12 nitrogen and oxygen atoms in total. The molecule has 43 heavy (non-hydrogen) atoms. The molecule has 1 aromatic rings. The van der Waals surface area contributed by atoms with Gasteiger partial charge in [0, 0.05) is 75.2 Å². The van der Waals surface area contributed by atoms with Crippen molar-refractivity contribution >= 4 is 17.7 Å². The van der Waals surface area contributed by atoms with Crippen LogP contribution in [0.2, 0.25) is 0 Å². The smallest absolute Gasteiger partial charge is 0.336 e. The Labute approximate surface area is 285 Å². The minimum atomic E-state index is -2.14. The van der Waals surface area contributed by atoms with Crippen molar-refractivity contribution in [1.29, 1.82) is 0 Å². The molecule has 1 unspecified atom stereocenters. The van der Waals surface area contributed by atoms with Gasteiger partial charge < -0.3 is 44.2 Å². The second kappa shape index (κ2) is 11.6. The van der Waals surface area contributed by atoms with E-state index < -0.39 is 88.2 Å². The van der Waals surface area contributed by atoms with Gasteiger partial charge in [0.1, 0.15) is 35.3 Å². The Kier molecular flexibility index (Phi) is 9.34. The van der Waals surface area contributed by atoms with Crippen LogP contribution < -0.4 is 0 Å². The first-order valence-electron chi connectivity index (χ1n) is 14.2. The molecular weight excluding hydrogens is 779 g/mol. The van der Waals surface area contributed by atoms with Crippen LogP contribution in [0.25, 0.3) is 0 Å². The molecule has 5 N–H and O–H groups in total. The number of hydrogen-bond donors (Lipinski definition) is 5. The summed E-state index contributed by atoms with van der Waals surface area (Å²) in [4.78, 5) is 40.0. The molecule has 0 aromatic carbocycles. The number of hydrogen-bond acceptors (Lipinski definition) is 12. The normalized spacial score (nSPS) is 41.2. The average Bonchev–Trinajstić information content (AvgIpc) is 3.45. The zero-order valence-corrected chi connectivity index (χ0v) is 29.9. The molecule has 2 saturated carbocycles. The van der Waals surface area contributed by atoms with Gasteiger partial charge in [-0.2, -0.15) is 0 Å². The van der Waals surface area contributed by atoms with Crippen molar-refractivity contribution in [3.8, 4) is 0 Å². The Bertz CT molecular complexity index is 1310. The predicted molar refractivity (Wildman–Crippen MR) is 143 cm³/mol. The van der Waals surface area contributed by atoms with Gasteiger partial charge in [0.2, 0.25) is 0 Å². The van der Waals surface area contributed by atoms with E-state index in [1.54, 1.807) is 39.8 Å². The summed E-state index contributed by atoms with van der Waals surface area (Å²) in [5.41, 5.74) is -6.94. The molecule has 0 spiro atoms. The Hall–Kier alpha value is -1.17. The number of ether oxygens (including phenoxy) is 3. The molecule has 13 heteroatoms. The van der Waals surface area contributed by atoms with Gasteiger partial charge in [0.05, 0.1) is 36.4 Å². The minimum absolute atomic E-state index is 0. The van der Waals surface area contributed by atoms with Crippen LogP contribution in [-0.4, -0.2) is 97.7 Å². The summed E-state index contributed by atoms with van der Waals surface area (Å²) in [7, 11) is 0. The zero-order valence-electron chi connectivity index (χ0n) is 25.1. The molecule has 4 aliphatic rings. The van der Waals surface area contributed by atoms with Gasteiger partial charge in [-0.1, -0.05) is 20.8 Å². The summed E-state index contributed by atoms with van der Waals surface area (Å²) in [6, 6.07) is 3.21. The van der Waals surface area contributed by atoms with E-state index in [2.05, 4.69) is 0 Å². The molecule has 235 valence electrons. The SMILES string of the molecule is CC(=O)O[C@H]1[C@@H]2[C@]3(O)CO[C@@H]3C[C@H](O)[C@@]2(C)C(=O)[C@H](O)C2=C(C)C(OC(=O)[C@H](O)[C@@H](C)c3ccco3)C[C@]1(O)C2(C)C.[Ac]. The largest absolute Gasteiger partial charge is 0.469 e. The zero-order chi connectivity index (χ0) is 31.2. The second-order valence-electron chi connectivity index (χ2n) is 13.1. The number of fused-ring (bicyclic) bond motifs is 5. The van der Waals surface area contributed by atoms with E-state index in [1.807, 2.05) is 0 Å². The maximum Gasteiger partial charge on any atom is 0.336 e. The first-order chi connectivity index (χ1) is 19.4. The fraction of sp³-hybridized carbons (Fsp3) is 0.700. The number of ketones is 1. The summed E-state index contributed by atoms with van der Waals surface area (Å²) >= 11 is 0. The molecule has 3 aliphatic carbocycles. The Balaban J connectivity index is 0.00000423. The van der Waals surface area contributed by atoms with Gasteiger partial charge in [-0.25, -0.2) is 4.79 Å². The monoisotopic (exact) mass is 819 g/mol. The number of Topliss-reactive ketones (excluding diaryl/α,β-unsaturated/α-hetero) is 1. The molecule has 2 bridgehead atoms. The van der Waals surface area contributed by atoms with Crippen LogP contribution in [0.15, 0.2) is 34.0 Å². The van der Waals surface area contributed by atoms with Gasteiger partial charge in [-0.15, -0.1) is 0 Å². The van der Waals surface area contributed by atoms with Crippen molar-refractivity contribution in [2.24, 2.45) is 16.7 Å². The van der Waals surface area contributed by atoms with Crippen LogP contribution in [-0.2, 0) is 28.6 Å². The fourth-order valence-corrected chi connectivity index (χ4v) is 7.92. The predicted octanol–water partition coefficient (Wildman–Crippen LogP) is 0.526. The number of rotatable bonds is 5. The van der Waals surface area contributed by atoms with Crippen LogP contribution in [0.5, 0.6) is 0 Å². The standard InChI is InChI=1S/C30H40O12.Ac/c1-13-17(42-26(36)21(33)14(2)16-8-7-9-39-16)11-30(38)25(41-15(3)31)23-28(6,18(32)10-19-29(23,37)12-40-19)24(35)22(34)20(13)27(30,4)5;/h7-9,14,17-19,21-23,25,32-34,37-38H,10-12H2,1-6H3;/t14-,17?,18-,19+,21+,22+,23-,25-,28+,29-,30+;/m0./s1. The second-order valence-corrected chi connectivity index (χ2v) is 13.1. The van der Waals surface area contributed by atoms with Crippen molar-refractivity contribution in [2.75, 3.05) is 6.61 Å². The van der Waals surface area contributed by atoms with Crippen LogP contribution >= 0.6 is 0 Å². The van der Waals surface area contributed by atoms with Crippen molar-refractivity contribution < 1.29 is 103 Å². The molecule has 2 heterocycles. The molecular formula is C30H40AcO12. The maximum atomic E-state index is 14.2. The summed E-state index contributed by atoms with van der Waals surface area (Å²) < 4.78 is 22.3. The number of esters is 2. The van der Waals surface area contributed by atoms with Crippen molar-refractivity contribution in [3.05, 3.63) is 35.3 Å². The van der Waals surface area contributed by atoms with Crippen molar-refractivity contribution in [1.82, 2.24) is 0 Å². The first-order valence-corrected chi connectivity index (χ1v) is 14.2. The van der Waals surface area contributed by atoms with Crippen LogP contribution in [0.3, 0.4) is 0 Å². The van der Waals surface area contributed by atoms with Gasteiger partial charge in [-0.05, 0) is 37.1 Å². The van der Waals surface area contributed by atoms with Crippen molar-refractivity contribution in [3.63, 3.8) is 0 Å². The Morgan fingerprint density at radius 3 is 2.33 bits per heavy atom. The molecule has 5 rings (SSSR count). The van der Waals surface area contributed by atoms with Gasteiger partial charge in [-0.3, -0.25) is 9.59 Å². The fourth-order valence-electron chi connectivity index (χ4n) is 7.92. The van der Waals surface area contributed by atoms with Crippen LogP contribution in [0.1, 0.15) is 66.1 Å². The van der Waals surface area contributed by atoms with Crippen LogP contribution in [0, 0.1) is 60.8 Å². The average molecular weight is 820 g/mol. The molecule has 11 atom stereocenters. The van der Waals surface area contributed by atoms with E-state index in [0.717, 1.165) is 6.92 Å². The number of aliphatic hydroxyl groups is 5. The molecule has 3 fully saturated rings. The summed E-state index contributed by atoms with van der Waals surface area (Å²) in [5, 5.41) is 58.3. The summed E-state index contributed by atoms with van der Waals surface area (Å²) in [6.07, 6.45) is -7.78. The number of aliphatic hydroxyl groups excluding tert-OH is 3. The molecule has 1 aromatic heterocycles. The quantitative estimate of drug-likeness (QED) is 0.205. The molecule has 0 amide bonds. The van der Waals surface area contributed by atoms with E-state index in [0.29, 0.717) is 5.76 Å². The Morgan fingerprint density at radius 2 is 1.79 bits per heavy atom. The van der Waals surface area contributed by atoms with Gasteiger partial charge >= 0.3 is 11.9 Å². The van der Waals surface area contributed by atoms with Crippen LogP contribution in [0.4, 0.5) is 0 Å². The molecule has 1 radical (unpaired) electrons. The maximum absolute atomic E-state index is 14.2.